The van der Waals surface area contributed by atoms with Crippen molar-refractivity contribution in [2.75, 3.05) is 17.7 Å². The van der Waals surface area contributed by atoms with E-state index < -0.39 is 0 Å². The van der Waals surface area contributed by atoms with Crippen LogP contribution in [-0.2, 0) is 0 Å². The Balaban J connectivity index is 1.71. The molecule has 1 heterocycles. The Morgan fingerprint density at radius 1 is 0.906 bits per heavy atom. The Morgan fingerprint density at radius 2 is 1.59 bits per heavy atom. The Morgan fingerprint density at radius 3 is 2.25 bits per heavy atom. The lowest BCUT2D eigenvalue weighted by Crippen LogP contribution is -2.23. The highest BCUT2D eigenvalue weighted by atomic mass is 79.9. The zero-order chi connectivity index (χ0) is 22.5. The van der Waals surface area contributed by atoms with Gasteiger partial charge in [0.05, 0.1) is 12.8 Å². The van der Waals surface area contributed by atoms with Crippen LogP contribution in [0.15, 0.2) is 83.3 Å². The molecule has 0 aliphatic heterocycles. The van der Waals surface area contributed by atoms with E-state index in [2.05, 4.69) is 31.5 Å². The molecule has 0 spiro atoms. The zero-order valence-electron chi connectivity index (χ0n) is 16.9. The molecule has 0 radical (unpaired) electrons. The average Bonchev–Trinajstić information content (AvgIpc) is 2.81. The summed E-state index contributed by atoms with van der Waals surface area (Å²) >= 11 is 14.6. The maximum Gasteiger partial charge on any atom is 0.218 e. The number of hydrogen-bond donors (Lipinski definition) is 2. The minimum Gasteiger partial charge on any atom is -0.497 e. The van der Waals surface area contributed by atoms with E-state index in [1.165, 1.54) is 0 Å². The van der Waals surface area contributed by atoms with E-state index in [4.69, 9.17) is 34.2 Å². The third-order valence-corrected chi connectivity index (χ3v) is 5.51. The van der Waals surface area contributed by atoms with Gasteiger partial charge in [-0.2, -0.15) is 9.97 Å². The van der Waals surface area contributed by atoms with E-state index in [9.17, 15) is 0 Å². The molecule has 0 aliphatic carbocycles. The van der Waals surface area contributed by atoms with Crippen molar-refractivity contribution >= 4 is 57.1 Å². The highest BCUT2D eigenvalue weighted by Crippen LogP contribution is 2.22. The topological polar surface area (TPSA) is 64.0 Å². The summed E-state index contributed by atoms with van der Waals surface area (Å²) < 4.78 is 8.26. The number of aromatic nitrogens is 3. The molecule has 4 rings (SSSR count). The van der Waals surface area contributed by atoms with Crippen LogP contribution in [-0.4, -0.2) is 26.8 Å². The van der Waals surface area contributed by atoms with E-state index in [-0.39, 0.29) is 0 Å². The van der Waals surface area contributed by atoms with Gasteiger partial charge in [0.15, 0.2) is 10.9 Å². The molecule has 0 saturated carbocycles. The van der Waals surface area contributed by atoms with Crippen LogP contribution in [0, 0.1) is 4.77 Å². The summed E-state index contributed by atoms with van der Waals surface area (Å²) in [6.07, 6.45) is 0. The van der Waals surface area contributed by atoms with Crippen LogP contribution < -0.4 is 15.4 Å². The molecule has 2 N–H and O–H groups in total. The van der Waals surface area contributed by atoms with Crippen LogP contribution in [0.5, 0.6) is 5.75 Å². The van der Waals surface area contributed by atoms with Crippen LogP contribution in [0.3, 0.4) is 0 Å². The molecular weight excluding hydrogens is 506 g/mol. The third-order valence-electron chi connectivity index (χ3n) is 4.51. The van der Waals surface area contributed by atoms with Gasteiger partial charge in [0.25, 0.3) is 0 Å². The quantitative estimate of drug-likeness (QED) is 0.300. The molecule has 0 atom stereocenters. The lowest BCUT2D eigenvalue weighted by atomic mass is 10.2. The first kappa shape index (κ1) is 22.1. The Labute approximate surface area is 204 Å². The summed E-state index contributed by atoms with van der Waals surface area (Å²) in [4.78, 5) is 9.28. The summed E-state index contributed by atoms with van der Waals surface area (Å²) in [5, 5.41) is 6.70. The Hall–Kier alpha value is -3.14. The van der Waals surface area contributed by atoms with Crippen molar-refractivity contribution in [2.24, 2.45) is 0 Å². The molecule has 0 amide bonds. The van der Waals surface area contributed by atoms with E-state index in [1.807, 2.05) is 78.9 Å². The number of halogens is 1. The van der Waals surface area contributed by atoms with E-state index in [1.54, 1.807) is 11.7 Å². The molecule has 3 aromatic carbocycles. The fraction of sp³-hybridized carbons (Fsp3) is 0.0435. The molecule has 0 aliphatic rings. The van der Waals surface area contributed by atoms with Crippen molar-refractivity contribution < 1.29 is 4.74 Å². The van der Waals surface area contributed by atoms with E-state index in [0.29, 0.717) is 21.7 Å². The molecule has 4 aromatic rings. The van der Waals surface area contributed by atoms with Gasteiger partial charge in [-0.15, -0.1) is 0 Å². The van der Waals surface area contributed by atoms with Gasteiger partial charge >= 0.3 is 0 Å². The summed E-state index contributed by atoms with van der Waals surface area (Å²) in [5.41, 5.74) is 2.49. The van der Waals surface area contributed by atoms with Gasteiger partial charge < -0.3 is 15.4 Å². The number of rotatable bonds is 5. The largest absolute Gasteiger partial charge is 0.497 e. The second-order valence-corrected chi connectivity index (χ2v) is 8.33. The van der Waals surface area contributed by atoms with Crippen molar-refractivity contribution in [3.05, 3.63) is 88.1 Å². The number of nitrogens with one attached hydrogen (secondary N) is 2. The van der Waals surface area contributed by atoms with Crippen LogP contribution in [0.1, 0.15) is 0 Å². The first-order valence-electron chi connectivity index (χ1n) is 9.58. The molecule has 9 heteroatoms. The summed E-state index contributed by atoms with van der Waals surface area (Å²) in [6, 6.07) is 24.9. The molecule has 160 valence electrons. The van der Waals surface area contributed by atoms with Gasteiger partial charge in [-0.1, -0.05) is 46.3 Å². The molecule has 32 heavy (non-hydrogen) atoms. The van der Waals surface area contributed by atoms with Crippen molar-refractivity contribution in [2.45, 2.75) is 0 Å². The maximum atomic E-state index is 5.63. The van der Waals surface area contributed by atoms with Crippen LogP contribution >= 0.6 is 40.4 Å². The van der Waals surface area contributed by atoms with Gasteiger partial charge in [-0.05, 0) is 73.0 Å². The normalized spacial score (nSPS) is 10.4. The number of benzene rings is 3. The molecule has 0 unspecified atom stereocenters. The SMILES string of the molecule is COc1ccc(NC(=S)Nc2nc(-c3ccccc3)nc(=S)n2-c2ccc(Br)cc2)cc1. The predicted octanol–water partition coefficient (Wildman–Crippen LogP) is 6.24. The summed E-state index contributed by atoms with van der Waals surface area (Å²) in [6.45, 7) is 0. The molecule has 0 bridgehead atoms. The summed E-state index contributed by atoms with van der Waals surface area (Å²) in [7, 11) is 1.63. The molecule has 1 aromatic heterocycles. The van der Waals surface area contributed by atoms with Crippen LogP contribution in [0.2, 0.25) is 0 Å². The lowest BCUT2D eigenvalue weighted by Gasteiger charge is -2.17. The van der Waals surface area contributed by atoms with Gasteiger partial charge in [0.2, 0.25) is 10.7 Å². The molecule has 6 nitrogen and oxygen atoms in total. The average molecular weight is 524 g/mol. The number of ether oxygens (including phenoxy) is 1. The minimum absolute atomic E-state index is 0.357. The first-order chi connectivity index (χ1) is 15.5. The Bertz CT molecular complexity index is 1290. The number of nitrogens with zero attached hydrogens (tertiary/aromatic N) is 3. The van der Waals surface area contributed by atoms with Crippen LogP contribution in [0.4, 0.5) is 11.6 Å². The van der Waals surface area contributed by atoms with Crippen molar-refractivity contribution in [3.63, 3.8) is 0 Å². The number of thiocarbonyl (C=S) groups is 1. The smallest absolute Gasteiger partial charge is 0.218 e. The van der Waals surface area contributed by atoms with E-state index in [0.717, 1.165) is 27.2 Å². The monoisotopic (exact) mass is 523 g/mol. The number of anilines is 2. The number of methoxy groups -OCH3 is 1. The lowest BCUT2D eigenvalue weighted by molar-refractivity contribution is 0.415. The highest BCUT2D eigenvalue weighted by Gasteiger charge is 2.13. The minimum atomic E-state index is 0.357. The van der Waals surface area contributed by atoms with E-state index >= 15 is 0 Å². The second kappa shape index (κ2) is 9.99. The van der Waals surface area contributed by atoms with Gasteiger partial charge in [-0.25, -0.2) is 0 Å². The maximum absolute atomic E-state index is 5.63. The van der Waals surface area contributed by atoms with Gasteiger partial charge in [-0.3, -0.25) is 4.57 Å². The molecule has 0 saturated heterocycles. The molecule has 0 fully saturated rings. The summed E-state index contributed by atoms with van der Waals surface area (Å²) in [5.74, 6) is 1.73. The van der Waals surface area contributed by atoms with Gasteiger partial charge in [0.1, 0.15) is 5.75 Å². The van der Waals surface area contributed by atoms with Crippen molar-refractivity contribution in [1.29, 1.82) is 0 Å². The predicted molar refractivity (Wildman–Crippen MR) is 138 cm³/mol. The first-order valence-corrected chi connectivity index (χ1v) is 11.2. The van der Waals surface area contributed by atoms with Crippen molar-refractivity contribution in [3.8, 4) is 22.8 Å². The third kappa shape index (κ3) is 5.18. The zero-order valence-corrected chi connectivity index (χ0v) is 20.2. The number of hydrogen-bond acceptors (Lipinski definition) is 5. The standard InChI is InChI=1S/C23H18BrN5OS2/c1-30-19-13-9-17(10-14-19)25-22(31)28-21-26-20(15-5-3-2-4-6-15)27-23(32)29(21)18-11-7-16(24)8-12-18/h2-14H,1H3,(H2,25,26,27,28,31,32). The Kier molecular flexibility index (Phi) is 6.89. The van der Waals surface area contributed by atoms with Crippen LogP contribution in [0.25, 0.3) is 17.1 Å². The fourth-order valence-corrected chi connectivity index (χ4v) is 3.72. The highest BCUT2D eigenvalue weighted by molar-refractivity contribution is 9.10. The van der Waals surface area contributed by atoms with Gasteiger partial charge in [0, 0.05) is 15.7 Å². The fourth-order valence-electron chi connectivity index (χ4n) is 2.97. The van der Waals surface area contributed by atoms with Crippen molar-refractivity contribution in [1.82, 2.24) is 14.5 Å². The molecular formula is C23H18BrN5OS2. The second-order valence-electron chi connectivity index (χ2n) is 6.64.